The van der Waals surface area contributed by atoms with Crippen molar-refractivity contribution in [3.05, 3.63) is 0 Å². The Bertz CT molecular complexity index is 645. The molecule has 0 bridgehead atoms. The maximum Gasteiger partial charge on any atom is 0.139 e. The van der Waals surface area contributed by atoms with E-state index in [2.05, 4.69) is 19.0 Å². The number of ketones is 2. The lowest BCUT2D eigenvalue weighted by atomic mass is 9.45. The fourth-order valence-electron chi connectivity index (χ4n) is 6.89. The van der Waals surface area contributed by atoms with Gasteiger partial charge in [-0.05, 0) is 61.7 Å². The van der Waals surface area contributed by atoms with Gasteiger partial charge in [0.15, 0.2) is 0 Å². The Labute approximate surface area is 156 Å². The first kappa shape index (κ1) is 18.1. The third-order valence-electron chi connectivity index (χ3n) is 8.41. The van der Waals surface area contributed by atoms with Gasteiger partial charge >= 0.3 is 0 Å². The largest absolute Gasteiger partial charge is 0.395 e. The molecule has 0 saturated heterocycles. The molecule has 2 N–H and O–H groups in total. The molecular formula is C21H32N2O3. The van der Waals surface area contributed by atoms with Gasteiger partial charge in [-0.1, -0.05) is 19.0 Å². The highest BCUT2D eigenvalue weighted by molar-refractivity contribution is 5.93. The van der Waals surface area contributed by atoms with E-state index in [-0.39, 0.29) is 16.7 Å². The summed E-state index contributed by atoms with van der Waals surface area (Å²) in [5, 5.41) is 4.25. The predicted molar refractivity (Wildman–Crippen MR) is 99.6 cm³/mol. The van der Waals surface area contributed by atoms with Gasteiger partial charge in [0.05, 0.1) is 5.71 Å². The van der Waals surface area contributed by atoms with Crippen LogP contribution in [-0.2, 0) is 14.4 Å². The number of nitrogens with two attached hydrogens (primary N) is 1. The number of oxime groups is 1. The van der Waals surface area contributed by atoms with Gasteiger partial charge in [-0.15, -0.1) is 0 Å². The van der Waals surface area contributed by atoms with E-state index in [1.807, 2.05) is 0 Å². The van der Waals surface area contributed by atoms with Gasteiger partial charge in [0, 0.05) is 30.7 Å². The van der Waals surface area contributed by atoms with Crippen LogP contribution in [0, 0.1) is 34.5 Å². The summed E-state index contributed by atoms with van der Waals surface area (Å²) < 4.78 is 0. The van der Waals surface area contributed by atoms with Gasteiger partial charge in [0.1, 0.15) is 18.2 Å². The number of carbonyl (C=O) groups excluding carboxylic acids is 2. The Hall–Kier alpha value is -1.23. The molecule has 0 spiro atoms. The van der Waals surface area contributed by atoms with Crippen molar-refractivity contribution in [2.75, 3.05) is 13.2 Å². The molecular weight excluding hydrogens is 328 g/mol. The monoisotopic (exact) mass is 360 g/mol. The first-order chi connectivity index (χ1) is 12.4. The number of nitrogens with zero attached hydrogens (tertiary/aromatic N) is 1. The first-order valence-corrected chi connectivity index (χ1v) is 10.3. The van der Waals surface area contributed by atoms with Gasteiger partial charge in [0.2, 0.25) is 0 Å². The minimum Gasteiger partial charge on any atom is -0.395 e. The Kier molecular flexibility index (Phi) is 4.49. The Morgan fingerprint density at radius 3 is 2.69 bits per heavy atom. The van der Waals surface area contributed by atoms with Gasteiger partial charge in [-0.25, -0.2) is 0 Å². The third-order valence-corrected chi connectivity index (χ3v) is 8.41. The topological polar surface area (TPSA) is 81.8 Å². The second kappa shape index (κ2) is 6.43. The van der Waals surface area contributed by atoms with Crippen LogP contribution in [-0.4, -0.2) is 30.4 Å². The molecule has 0 aromatic carbocycles. The summed E-state index contributed by atoms with van der Waals surface area (Å²) in [4.78, 5) is 30.9. The van der Waals surface area contributed by atoms with Crippen LogP contribution in [0.15, 0.2) is 5.16 Å². The van der Waals surface area contributed by atoms with Crippen LogP contribution in [0.1, 0.15) is 65.2 Å². The van der Waals surface area contributed by atoms with E-state index in [1.165, 1.54) is 0 Å². The molecule has 1 unspecified atom stereocenters. The van der Waals surface area contributed by atoms with Crippen molar-refractivity contribution in [2.24, 2.45) is 45.4 Å². The lowest BCUT2D eigenvalue weighted by molar-refractivity contribution is -0.152. The van der Waals surface area contributed by atoms with Crippen molar-refractivity contribution in [3.8, 4) is 0 Å². The standard InChI is InChI=1S/C21H32N2O3/c1-20-7-5-13(23-26-10-9-22)11-17(20)18(24)12-14-15-3-4-19(25)21(15,2)8-6-16(14)20/h14-17H,3-12,22H2,1-2H3/t14-,15-,16-,17?,20+,21-/m0/s1. The zero-order valence-corrected chi connectivity index (χ0v) is 16.1. The van der Waals surface area contributed by atoms with Crippen molar-refractivity contribution in [3.63, 3.8) is 0 Å². The van der Waals surface area contributed by atoms with Crippen LogP contribution in [0.3, 0.4) is 0 Å². The molecule has 4 saturated carbocycles. The van der Waals surface area contributed by atoms with Crippen molar-refractivity contribution >= 4 is 17.3 Å². The van der Waals surface area contributed by atoms with E-state index in [1.54, 1.807) is 0 Å². The molecule has 0 amide bonds. The molecule has 0 aliphatic heterocycles. The fraction of sp³-hybridized carbons (Fsp3) is 0.857. The van der Waals surface area contributed by atoms with Gasteiger partial charge in [0.25, 0.3) is 0 Å². The number of Topliss-reactive ketones (excluding diaryl/α,β-unsaturated/α-hetero) is 2. The predicted octanol–water partition coefficient (Wildman–Crippen LogP) is 3.11. The van der Waals surface area contributed by atoms with Crippen LogP contribution in [0.4, 0.5) is 0 Å². The van der Waals surface area contributed by atoms with Crippen LogP contribution < -0.4 is 5.73 Å². The number of hydrogen-bond acceptors (Lipinski definition) is 5. The van der Waals surface area contributed by atoms with Gasteiger partial charge in [-0.3, -0.25) is 9.59 Å². The zero-order chi connectivity index (χ0) is 18.5. The number of carbonyl (C=O) groups is 2. The highest BCUT2D eigenvalue weighted by atomic mass is 16.6. The van der Waals surface area contributed by atoms with Crippen LogP contribution in [0.2, 0.25) is 0 Å². The van der Waals surface area contributed by atoms with E-state index in [0.717, 1.165) is 44.2 Å². The minimum absolute atomic E-state index is 0.0554. The Morgan fingerprint density at radius 1 is 1.12 bits per heavy atom. The molecule has 26 heavy (non-hydrogen) atoms. The lowest BCUT2D eigenvalue weighted by Gasteiger charge is -2.58. The highest BCUT2D eigenvalue weighted by Crippen LogP contribution is 2.64. The van der Waals surface area contributed by atoms with Crippen molar-refractivity contribution < 1.29 is 14.4 Å². The molecule has 144 valence electrons. The SMILES string of the molecule is C[C@]12CCC(=NOCCN)CC1C(=O)C[C@@H]1[C@@H]2CC[C@]2(C)C(=O)CC[C@@H]12. The van der Waals surface area contributed by atoms with Crippen LogP contribution in [0.5, 0.6) is 0 Å². The summed E-state index contributed by atoms with van der Waals surface area (Å²) in [6.07, 6.45) is 7.13. The first-order valence-electron chi connectivity index (χ1n) is 10.3. The third kappa shape index (κ3) is 2.57. The van der Waals surface area contributed by atoms with Crippen molar-refractivity contribution in [2.45, 2.75) is 65.2 Å². The second-order valence-electron chi connectivity index (χ2n) is 9.51. The van der Waals surface area contributed by atoms with E-state index >= 15 is 0 Å². The van der Waals surface area contributed by atoms with E-state index in [9.17, 15) is 9.59 Å². The zero-order valence-electron chi connectivity index (χ0n) is 16.1. The molecule has 0 aromatic rings. The average molecular weight is 360 g/mol. The summed E-state index contributed by atoms with van der Waals surface area (Å²) >= 11 is 0. The van der Waals surface area contributed by atoms with E-state index in [4.69, 9.17) is 10.6 Å². The Morgan fingerprint density at radius 2 is 1.92 bits per heavy atom. The summed E-state index contributed by atoms with van der Waals surface area (Å²) in [5.41, 5.74) is 6.37. The van der Waals surface area contributed by atoms with Gasteiger partial charge < -0.3 is 10.6 Å². The molecule has 4 rings (SSSR count). The summed E-state index contributed by atoms with van der Waals surface area (Å²) in [6.45, 7) is 5.39. The molecule has 0 heterocycles. The minimum atomic E-state index is -0.165. The Balaban J connectivity index is 1.57. The van der Waals surface area contributed by atoms with Crippen LogP contribution >= 0.6 is 0 Å². The maximum absolute atomic E-state index is 13.1. The highest BCUT2D eigenvalue weighted by Gasteiger charge is 2.62. The summed E-state index contributed by atoms with van der Waals surface area (Å²) in [5.74, 6) is 2.29. The summed E-state index contributed by atoms with van der Waals surface area (Å²) in [6, 6.07) is 0. The quantitative estimate of drug-likeness (QED) is 0.619. The molecule has 4 aliphatic rings. The molecule has 5 heteroatoms. The molecule has 6 atom stereocenters. The van der Waals surface area contributed by atoms with Gasteiger partial charge in [-0.2, -0.15) is 0 Å². The van der Waals surface area contributed by atoms with Crippen molar-refractivity contribution in [1.29, 1.82) is 0 Å². The number of rotatable bonds is 3. The smallest absolute Gasteiger partial charge is 0.139 e. The van der Waals surface area contributed by atoms with E-state index in [0.29, 0.717) is 55.3 Å². The van der Waals surface area contributed by atoms with Crippen molar-refractivity contribution in [1.82, 2.24) is 0 Å². The molecule has 0 radical (unpaired) electrons. The lowest BCUT2D eigenvalue weighted by Crippen LogP contribution is -2.56. The maximum atomic E-state index is 13.1. The van der Waals surface area contributed by atoms with E-state index < -0.39 is 0 Å². The normalized spacial score (nSPS) is 46.7. The second-order valence-corrected chi connectivity index (χ2v) is 9.51. The number of fused-ring (bicyclic) bond motifs is 5. The molecule has 0 aromatic heterocycles. The molecule has 4 aliphatic carbocycles. The summed E-state index contributed by atoms with van der Waals surface area (Å²) in [7, 11) is 0. The van der Waals surface area contributed by atoms with Crippen LogP contribution in [0.25, 0.3) is 0 Å². The average Bonchev–Trinajstić information content (AvgIpc) is 2.92. The molecule has 4 fully saturated rings. The number of hydrogen-bond donors (Lipinski definition) is 1. The molecule has 5 nitrogen and oxygen atoms in total. The fourth-order valence-corrected chi connectivity index (χ4v) is 6.89.